The number of nitrogens with zero attached hydrogens (tertiary/aromatic N) is 3. The molecule has 0 atom stereocenters. The van der Waals surface area contributed by atoms with E-state index in [1.165, 1.54) is 24.8 Å². The topological polar surface area (TPSA) is 93.6 Å². The number of hydrogen-bond acceptors (Lipinski definition) is 7. The predicted molar refractivity (Wildman–Crippen MR) is 107 cm³/mol. The van der Waals surface area contributed by atoms with Crippen molar-refractivity contribution in [2.24, 2.45) is 10.9 Å². The van der Waals surface area contributed by atoms with Crippen LogP contribution in [0.25, 0.3) is 21.3 Å². The summed E-state index contributed by atoms with van der Waals surface area (Å²) in [5, 5.41) is 17.4. The van der Waals surface area contributed by atoms with Gasteiger partial charge in [0.2, 0.25) is 0 Å². The van der Waals surface area contributed by atoms with Crippen LogP contribution in [0.15, 0.2) is 65.3 Å². The molecule has 4 aromatic rings. The highest BCUT2D eigenvalue weighted by molar-refractivity contribution is 7.17. The lowest BCUT2D eigenvalue weighted by atomic mass is 9.99. The molecule has 0 spiro atoms. The molecule has 0 unspecified atom stereocenters. The molecule has 6 nitrogen and oxygen atoms in total. The number of rotatable bonds is 4. The van der Waals surface area contributed by atoms with Crippen molar-refractivity contribution in [3.05, 3.63) is 71.5 Å². The number of phenolic OH excluding ortho intramolecular Hbond substituents is 1. The Bertz CT molecular complexity index is 1140. The number of thiophene rings is 1. The fourth-order valence-corrected chi connectivity index (χ4v) is 3.94. The van der Waals surface area contributed by atoms with Crippen LogP contribution in [-0.2, 0) is 0 Å². The molecule has 0 amide bonds. The van der Waals surface area contributed by atoms with Gasteiger partial charge < -0.3 is 15.7 Å². The molecule has 2 aromatic heterocycles. The van der Waals surface area contributed by atoms with Crippen LogP contribution in [0, 0.1) is 0 Å². The number of ether oxygens (including phenoxy) is 1. The minimum absolute atomic E-state index is 0.0348. The van der Waals surface area contributed by atoms with Gasteiger partial charge in [-0.05, 0) is 17.7 Å². The highest BCUT2D eigenvalue weighted by Gasteiger charge is 2.21. The van der Waals surface area contributed by atoms with E-state index in [0.29, 0.717) is 22.7 Å². The first-order valence-corrected chi connectivity index (χ1v) is 9.04. The van der Waals surface area contributed by atoms with Gasteiger partial charge in [0.1, 0.15) is 22.6 Å². The van der Waals surface area contributed by atoms with E-state index in [1.807, 2.05) is 35.7 Å². The van der Waals surface area contributed by atoms with Gasteiger partial charge in [0, 0.05) is 21.9 Å². The van der Waals surface area contributed by atoms with Crippen LogP contribution in [0.2, 0.25) is 0 Å². The van der Waals surface area contributed by atoms with E-state index < -0.39 is 0 Å². The van der Waals surface area contributed by atoms with Crippen LogP contribution < -0.4 is 10.6 Å². The van der Waals surface area contributed by atoms with Crippen LogP contribution in [0.5, 0.6) is 11.5 Å². The molecule has 3 N–H and O–H groups in total. The Morgan fingerprint density at radius 3 is 2.67 bits per heavy atom. The smallest absolute Gasteiger partial charge is 0.167 e. The van der Waals surface area contributed by atoms with Crippen molar-refractivity contribution in [2.45, 2.75) is 0 Å². The standard InChI is InChI=1S/C20H16N4O2S/c1-26-15-9-5-8-13(19(15)25)17(24-21)18-16-14(12-6-3-2-4-7-12)10-27-20(16)23-11-22-18/h2-11,25H,21H2,1H3/b24-17+. The summed E-state index contributed by atoms with van der Waals surface area (Å²) in [4.78, 5) is 9.64. The Morgan fingerprint density at radius 2 is 1.93 bits per heavy atom. The number of methoxy groups -OCH3 is 1. The molecule has 0 fully saturated rings. The van der Waals surface area contributed by atoms with E-state index >= 15 is 0 Å². The molecule has 0 aliphatic carbocycles. The summed E-state index contributed by atoms with van der Waals surface area (Å²) < 4.78 is 5.21. The quantitative estimate of drug-likeness (QED) is 0.321. The van der Waals surface area contributed by atoms with Crippen LogP contribution >= 0.6 is 11.3 Å². The molecular formula is C20H16N4O2S. The van der Waals surface area contributed by atoms with Crippen LogP contribution in [0.3, 0.4) is 0 Å². The number of para-hydroxylation sites is 1. The first kappa shape index (κ1) is 17.0. The van der Waals surface area contributed by atoms with Crippen molar-refractivity contribution in [1.82, 2.24) is 9.97 Å². The maximum absolute atomic E-state index is 10.6. The lowest BCUT2D eigenvalue weighted by Crippen LogP contribution is -2.10. The van der Waals surface area contributed by atoms with Crippen molar-refractivity contribution >= 4 is 27.3 Å². The van der Waals surface area contributed by atoms with Gasteiger partial charge >= 0.3 is 0 Å². The third-order valence-electron chi connectivity index (χ3n) is 4.28. The fraction of sp³-hybridized carbons (Fsp3) is 0.0500. The fourth-order valence-electron chi connectivity index (χ4n) is 3.02. The molecule has 0 aliphatic heterocycles. The van der Waals surface area contributed by atoms with Gasteiger partial charge in [-0.25, -0.2) is 9.97 Å². The Morgan fingerprint density at radius 1 is 1.11 bits per heavy atom. The predicted octanol–water partition coefficient (Wildman–Crippen LogP) is 3.78. The summed E-state index contributed by atoms with van der Waals surface area (Å²) in [5.74, 6) is 6.03. The highest BCUT2D eigenvalue weighted by atomic mass is 32.1. The zero-order valence-electron chi connectivity index (χ0n) is 14.5. The number of hydrazone groups is 1. The van der Waals surface area contributed by atoms with Crippen LogP contribution in [0.4, 0.5) is 0 Å². The zero-order chi connectivity index (χ0) is 18.8. The number of fused-ring (bicyclic) bond motifs is 1. The lowest BCUT2D eigenvalue weighted by molar-refractivity contribution is 0.373. The lowest BCUT2D eigenvalue weighted by Gasteiger charge is -2.11. The molecule has 7 heteroatoms. The molecule has 0 saturated carbocycles. The maximum Gasteiger partial charge on any atom is 0.167 e. The van der Waals surface area contributed by atoms with E-state index in [2.05, 4.69) is 15.1 Å². The van der Waals surface area contributed by atoms with Crippen molar-refractivity contribution < 1.29 is 9.84 Å². The van der Waals surface area contributed by atoms with Crippen molar-refractivity contribution in [3.63, 3.8) is 0 Å². The van der Waals surface area contributed by atoms with Crippen LogP contribution in [0.1, 0.15) is 11.3 Å². The number of aromatic nitrogens is 2. The first-order valence-electron chi connectivity index (χ1n) is 8.16. The molecule has 0 saturated heterocycles. The third-order valence-corrected chi connectivity index (χ3v) is 5.17. The Balaban J connectivity index is 1.97. The summed E-state index contributed by atoms with van der Waals surface area (Å²) in [6.07, 6.45) is 1.48. The monoisotopic (exact) mass is 376 g/mol. The average Bonchev–Trinajstić information content (AvgIpc) is 3.15. The number of benzene rings is 2. The summed E-state index contributed by atoms with van der Waals surface area (Å²) in [6.45, 7) is 0. The second-order valence-electron chi connectivity index (χ2n) is 5.75. The number of phenols is 1. The second kappa shape index (κ2) is 7.05. The Labute approximate surface area is 159 Å². The van der Waals surface area contributed by atoms with Gasteiger partial charge in [0.15, 0.2) is 11.5 Å². The van der Waals surface area contributed by atoms with Gasteiger partial charge in [0.05, 0.1) is 7.11 Å². The first-order chi connectivity index (χ1) is 13.2. The molecule has 0 bridgehead atoms. The molecule has 0 radical (unpaired) electrons. The maximum atomic E-state index is 10.6. The normalized spacial score (nSPS) is 11.7. The molecule has 134 valence electrons. The zero-order valence-corrected chi connectivity index (χ0v) is 15.3. The Hall–Kier alpha value is -3.45. The largest absolute Gasteiger partial charge is 0.504 e. The molecule has 2 aromatic carbocycles. The molecule has 2 heterocycles. The second-order valence-corrected chi connectivity index (χ2v) is 6.61. The average molecular weight is 376 g/mol. The number of aromatic hydroxyl groups is 1. The summed E-state index contributed by atoms with van der Waals surface area (Å²) in [6, 6.07) is 15.2. The van der Waals surface area contributed by atoms with Gasteiger partial charge in [-0.15, -0.1) is 11.3 Å². The van der Waals surface area contributed by atoms with Gasteiger partial charge in [0.25, 0.3) is 0 Å². The summed E-state index contributed by atoms with van der Waals surface area (Å²) in [7, 11) is 1.49. The number of nitrogens with two attached hydrogens (primary N) is 1. The van der Waals surface area contributed by atoms with Crippen molar-refractivity contribution in [2.75, 3.05) is 7.11 Å². The van der Waals surface area contributed by atoms with Gasteiger partial charge in [-0.2, -0.15) is 5.10 Å². The molecule has 0 aliphatic rings. The highest BCUT2D eigenvalue weighted by Crippen LogP contribution is 2.37. The van der Waals surface area contributed by atoms with Gasteiger partial charge in [-0.3, -0.25) is 0 Å². The van der Waals surface area contributed by atoms with Crippen LogP contribution in [-0.4, -0.2) is 27.9 Å². The van der Waals surface area contributed by atoms with Gasteiger partial charge in [-0.1, -0.05) is 36.4 Å². The summed E-state index contributed by atoms with van der Waals surface area (Å²) >= 11 is 1.52. The SMILES string of the molecule is COc1cccc(/C(=N\N)c2ncnc3scc(-c4ccccc4)c23)c1O. The van der Waals surface area contributed by atoms with Crippen molar-refractivity contribution in [3.8, 4) is 22.6 Å². The molecule has 4 rings (SSSR count). The minimum Gasteiger partial charge on any atom is -0.504 e. The molecular weight excluding hydrogens is 360 g/mol. The number of hydrogen-bond donors (Lipinski definition) is 2. The van der Waals surface area contributed by atoms with E-state index in [4.69, 9.17) is 10.6 Å². The molecule has 27 heavy (non-hydrogen) atoms. The Kier molecular flexibility index (Phi) is 4.43. The summed E-state index contributed by atoms with van der Waals surface area (Å²) in [5.41, 5.74) is 3.42. The third kappa shape index (κ3) is 2.88. The van der Waals surface area contributed by atoms with E-state index in [9.17, 15) is 5.11 Å². The van der Waals surface area contributed by atoms with E-state index in [0.717, 1.165) is 21.3 Å². The minimum atomic E-state index is -0.0348. The van der Waals surface area contributed by atoms with E-state index in [1.54, 1.807) is 18.2 Å². The van der Waals surface area contributed by atoms with E-state index in [-0.39, 0.29) is 5.75 Å². The van der Waals surface area contributed by atoms with Crippen molar-refractivity contribution in [1.29, 1.82) is 0 Å².